The number of hydrogen-bond acceptors (Lipinski definition) is 2. The van der Waals surface area contributed by atoms with Crippen molar-refractivity contribution in [3.8, 4) is 0 Å². The number of unbranched alkanes of at least 4 members (excludes halogenated alkanes) is 9. The number of rotatable bonds is 13. The van der Waals surface area contributed by atoms with Crippen molar-refractivity contribution < 1.29 is 30.0 Å². The summed E-state index contributed by atoms with van der Waals surface area (Å²) in [6.07, 6.45) is 18.2. The topological polar surface area (TPSA) is 46.2 Å². The van der Waals surface area contributed by atoms with Crippen LogP contribution in [0.1, 0.15) is 71.1 Å². The van der Waals surface area contributed by atoms with Gasteiger partial charge in [-0.05, 0) is 12.8 Å². The Morgan fingerprint density at radius 3 is 1.92 bits per heavy atom. The standard InChI is InChI=1S/C17H34N3O2S.BrH/c1-4-5-6-7-8-9-10-11-12-13-14-19-15-16-20(17-19)23(21,22)18(2)3;/h15-17H,4-14H2,1-3H3;1H/q+1;/p-1. The summed E-state index contributed by atoms with van der Waals surface area (Å²) in [5, 5.41) is 0. The van der Waals surface area contributed by atoms with Gasteiger partial charge in [0.2, 0.25) is 0 Å². The number of halogens is 1. The first-order valence-corrected chi connectivity index (χ1v) is 10.4. The van der Waals surface area contributed by atoms with E-state index in [1.165, 1.54) is 66.1 Å². The molecule has 0 unspecified atom stereocenters. The molecule has 0 aliphatic carbocycles. The number of imidazole rings is 1. The number of hydrogen-bond donors (Lipinski definition) is 0. The van der Waals surface area contributed by atoms with Crippen LogP contribution in [-0.4, -0.2) is 30.8 Å². The van der Waals surface area contributed by atoms with E-state index in [9.17, 15) is 8.42 Å². The lowest BCUT2D eigenvalue weighted by molar-refractivity contribution is -0.696. The van der Waals surface area contributed by atoms with Gasteiger partial charge < -0.3 is 17.0 Å². The zero-order chi connectivity index (χ0) is 17.1. The van der Waals surface area contributed by atoms with Gasteiger partial charge in [0.05, 0.1) is 6.54 Å². The second-order valence-corrected chi connectivity index (χ2v) is 8.50. The Morgan fingerprint density at radius 1 is 0.917 bits per heavy atom. The quantitative estimate of drug-likeness (QED) is 0.339. The molecule has 0 radical (unpaired) electrons. The van der Waals surface area contributed by atoms with E-state index in [4.69, 9.17) is 0 Å². The molecule has 0 spiro atoms. The van der Waals surface area contributed by atoms with E-state index in [0.717, 1.165) is 13.0 Å². The fourth-order valence-corrected chi connectivity index (χ4v) is 3.44. The van der Waals surface area contributed by atoms with Gasteiger partial charge in [0.25, 0.3) is 6.33 Å². The third-order valence-electron chi connectivity index (χ3n) is 4.16. The fraction of sp³-hybridized carbons (Fsp3) is 0.824. The number of aryl methyl sites for hydroxylation is 1. The predicted octanol–water partition coefficient (Wildman–Crippen LogP) is 0.355. The predicted molar refractivity (Wildman–Crippen MR) is 94.5 cm³/mol. The maximum atomic E-state index is 12.0. The summed E-state index contributed by atoms with van der Waals surface area (Å²) in [7, 11) is -0.292. The van der Waals surface area contributed by atoms with Crippen molar-refractivity contribution in [2.24, 2.45) is 0 Å². The Labute approximate surface area is 159 Å². The molecule has 142 valence electrons. The minimum absolute atomic E-state index is 0. The molecule has 0 aliphatic heterocycles. The van der Waals surface area contributed by atoms with E-state index in [2.05, 4.69) is 6.92 Å². The van der Waals surface area contributed by atoms with Crippen LogP contribution in [0.3, 0.4) is 0 Å². The molecule has 1 rings (SSSR count). The molecule has 0 atom stereocenters. The Morgan fingerprint density at radius 2 is 1.42 bits per heavy atom. The summed E-state index contributed by atoms with van der Waals surface area (Å²) in [6.45, 7) is 3.13. The van der Waals surface area contributed by atoms with Crippen molar-refractivity contribution in [1.82, 2.24) is 8.28 Å². The van der Waals surface area contributed by atoms with E-state index in [1.807, 2.05) is 10.8 Å². The van der Waals surface area contributed by atoms with E-state index < -0.39 is 10.2 Å². The number of aromatic nitrogens is 2. The summed E-state index contributed by atoms with van der Waals surface area (Å²) in [5.74, 6) is 0. The highest BCUT2D eigenvalue weighted by molar-refractivity contribution is 7.87. The second-order valence-electron chi connectivity index (χ2n) is 6.45. The Bertz CT molecular complexity index is 530. The van der Waals surface area contributed by atoms with Gasteiger partial charge in [0, 0.05) is 14.1 Å². The molecule has 24 heavy (non-hydrogen) atoms. The van der Waals surface area contributed by atoms with Crippen LogP contribution in [0.15, 0.2) is 18.7 Å². The van der Waals surface area contributed by atoms with Crippen molar-refractivity contribution in [3.63, 3.8) is 0 Å². The summed E-state index contributed by atoms with van der Waals surface area (Å²) < 4.78 is 28.4. The van der Waals surface area contributed by atoms with Crippen LogP contribution in [0, 0.1) is 0 Å². The number of nitrogens with zero attached hydrogens (tertiary/aromatic N) is 3. The first kappa shape index (κ1) is 23.6. The van der Waals surface area contributed by atoms with Gasteiger partial charge in [0.1, 0.15) is 12.4 Å². The van der Waals surface area contributed by atoms with E-state index in [1.54, 1.807) is 26.6 Å². The van der Waals surface area contributed by atoms with Crippen molar-refractivity contribution in [3.05, 3.63) is 18.7 Å². The maximum Gasteiger partial charge on any atom is 0.379 e. The summed E-state index contributed by atoms with van der Waals surface area (Å²) in [5.41, 5.74) is 0. The Kier molecular flexibility index (Phi) is 12.7. The van der Waals surface area contributed by atoms with Crippen molar-refractivity contribution in [2.75, 3.05) is 14.1 Å². The molecular formula is C17H34BrN3O2S. The molecule has 7 heteroatoms. The molecule has 0 amide bonds. The first-order valence-electron chi connectivity index (χ1n) is 8.98. The third-order valence-corrected chi connectivity index (χ3v) is 5.84. The van der Waals surface area contributed by atoms with Gasteiger partial charge in [0.15, 0.2) is 0 Å². The van der Waals surface area contributed by atoms with Crippen LogP contribution in [0.4, 0.5) is 0 Å². The van der Waals surface area contributed by atoms with Crippen LogP contribution in [0.25, 0.3) is 0 Å². The van der Waals surface area contributed by atoms with Crippen LogP contribution < -0.4 is 21.5 Å². The van der Waals surface area contributed by atoms with E-state index in [-0.39, 0.29) is 17.0 Å². The average molecular weight is 424 g/mol. The summed E-state index contributed by atoms with van der Waals surface area (Å²) in [4.78, 5) is 0. The zero-order valence-electron chi connectivity index (χ0n) is 15.5. The monoisotopic (exact) mass is 423 g/mol. The molecule has 0 aromatic carbocycles. The van der Waals surface area contributed by atoms with E-state index >= 15 is 0 Å². The van der Waals surface area contributed by atoms with Gasteiger partial charge in [-0.2, -0.15) is 12.7 Å². The molecule has 0 saturated carbocycles. The van der Waals surface area contributed by atoms with Gasteiger partial charge in [-0.15, -0.1) is 3.97 Å². The lowest BCUT2D eigenvalue weighted by Gasteiger charge is -2.05. The van der Waals surface area contributed by atoms with Gasteiger partial charge >= 0.3 is 10.2 Å². The highest BCUT2D eigenvalue weighted by Gasteiger charge is 2.22. The largest absolute Gasteiger partial charge is 1.00 e. The molecule has 1 heterocycles. The first-order chi connectivity index (χ1) is 11.0. The lowest BCUT2D eigenvalue weighted by Crippen LogP contribution is -3.00. The normalized spacial score (nSPS) is 11.7. The molecule has 0 saturated heterocycles. The summed E-state index contributed by atoms with van der Waals surface area (Å²) >= 11 is 0. The smallest absolute Gasteiger partial charge is 0.379 e. The minimum atomic E-state index is -3.38. The van der Waals surface area contributed by atoms with E-state index in [0.29, 0.717) is 0 Å². The highest BCUT2D eigenvalue weighted by atomic mass is 79.9. The maximum absolute atomic E-state index is 12.0. The Hall–Kier alpha value is -0.400. The van der Waals surface area contributed by atoms with Gasteiger partial charge in [-0.25, -0.2) is 4.57 Å². The molecule has 5 nitrogen and oxygen atoms in total. The molecule has 0 bridgehead atoms. The van der Waals surface area contributed by atoms with Crippen LogP contribution >= 0.6 is 0 Å². The third kappa shape index (κ3) is 8.62. The summed E-state index contributed by atoms with van der Waals surface area (Å²) in [6, 6.07) is 0. The average Bonchev–Trinajstić information content (AvgIpc) is 2.98. The molecular weight excluding hydrogens is 390 g/mol. The van der Waals surface area contributed by atoms with Crippen molar-refractivity contribution >= 4 is 10.2 Å². The van der Waals surface area contributed by atoms with Crippen molar-refractivity contribution in [2.45, 2.75) is 77.7 Å². The molecule has 0 N–H and O–H groups in total. The van der Waals surface area contributed by atoms with Crippen molar-refractivity contribution in [1.29, 1.82) is 0 Å². The molecule has 1 aromatic heterocycles. The Balaban J connectivity index is 0.00000529. The fourth-order valence-electron chi connectivity index (χ4n) is 2.61. The molecule has 1 aromatic rings. The zero-order valence-corrected chi connectivity index (χ0v) is 17.9. The lowest BCUT2D eigenvalue weighted by atomic mass is 10.1. The minimum Gasteiger partial charge on any atom is -1.00 e. The molecule has 0 fully saturated rings. The van der Waals surface area contributed by atoms with Crippen LogP contribution in [0.5, 0.6) is 0 Å². The van der Waals surface area contributed by atoms with Gasteiger partial charge in [-0.1, -0.05) is 58.3 Å². The van der Waals surface area contributed by atoms with Crippen LogP contribution in [-0.2, 0) is 16.8 Å². The highest BCUT2D eigenvalue weighted by Crippen LogP contribution is 2.10. The SMILES string of the molecule is CCCCCCCCCCCC[n+]1ccn(S(=O)(=O)N(C)C)c1.[Br-]. The second kappa shape index (κ2) is 12.9. The molecule has 0 aliphatic rings. The van der Waals surface area contributed by atoms with Gasteiger partial charge in [-0.3, -0.25) is 0 Å². The van der Waals surface area contributed by atoms with Crippen LogP contribution in [0.2, 0.25) is 0 Å².